The van der Waals surface area contributed by atoms with Gasteiger partial charge in [0.05, 0.1) is 17.2 Å². The average Bonchev–Trinajstić information content (AvgIpc) is 2.92. The zero-order chi connectivity index (χ0) is 29.1. The van der Waals surface area contributed by atoms with Crippen molar-refractivity contribution in [1.29, 1.82) is 0 Å². The highest BCUT2D eigenvalue weighted by Crippen LogP contribution is 2.38. The van der Waals surface area contributed by atoms with Crippen LogP contribution in [0, 0.1) is 0 Å². The number of carbonyl (C=O) groups is 2. The number of rotatable bonds is 8. The molecule has 2 aliphatic rings. The standard InChI is InChI=1S/C29H33F6N3O2/c30-28(31,32)22-17-20(18-23(19-22)29(33,34)35)9-10-24(39)25(21-7-3-1-4-8-21)37-15-11-27(12-16-37,26(36)40)38-13-5-2-6-14-38/h1,3-4,7-8,17-19,25H,2,5-6,9-16H2,(H2,36,40). The number of alkyl halides is 6. The molecule has 0 saturated carbocycles. The first-order chi connectivity index (χ1) is 18.8. The minimum absolute atomic E-state index is 0.0825. The second kappa shape index (κ2) is 11.9. The normalized spacial score (nSPS) is 19.8. The number of nitrogens with zero attached hydrogens (tertiary/aromatic N) is 2. The molecule has 0 bridgehead atoms. The number of halogens is 6. The van der Waals surface area contributed by atoms with E-state index in [0.29, 0.717) is 43.6 Å². The third kappa shape index (κ3) is 6.68. The Labute approximate surface area is 229 Å². The van der Waals surface area contributed by atoms with Crippen LogP contribution in [0.5, 0.6) is 0 Å². The van der Waals surface area contributed by atoms with E-state index in [2.05, 4.69) is 4.90 Å². The number of likely N-dealkylation sites (tertiary alicyclic amines) is 2. The quantitative estimate of drug-likeness (QED) is 0.410. The van der Waals surface area contributed by atoms with Gasteiger partial charge in [-0.25, -0.2) is 0 Å². The molecule has 0 spiro atoms. The first kappa shape index (κ1) is 30.0. The third-order valence-electron chi connectivity index (χ3n) is 8.14. The molecule has 2 N–H and O–H groups in total. The number of hydrogen-bond acceptors (Lipinski definition) is 4. The third-order valence-corrected chi connectivity index (χ3v) is 8.14. The molecule has 0 aromatic heterocycles. The van der Waals surface area contributed by atoms with Crippen LogP contribution in [0.1, 0.15) is 66.8 Å². The molecule has 2 aromatic carbocycles. The van der Waals surface area contributed by atoms with Crippen molar-refractivity contribution in [3.63, 3.8) is 0 Å². The Morgan fingerprint density at radius 2 is 1.38 bits per heavy atom. The number of hydrogen-bond donors (Lipinski definition) is 1. The van der Waals surface area contributed by atoms with E-state index in [0.717, 1.165) is 32.4 Å². The topological polar surface area (TPSA) is 66.6 Å². The molecule has 2 fully saturated rings. The van der Waals surface area contributed by atoms with Crippen molar-refractivity contribution in [2.75, 3.05) is 26.2 Å². The van der Waals surface area contributed by atoms with Crippen molar-refractivity contribution >= 4 is 11.7 Å². The average molecular weight is 570 g/mol. The molecule has 40 heavy (non-hydrogen) atoms. The van der Waals surface area contributed by atoms with E-state index in [1.54, 1.807) is 30.3 Å². The molecule has 2 saturated heterocycles. The Hall–Kier alpha value is -2.92. The SMILES string of the molecule is NC(=O)C1(N2CCCCC2)CCN(C(C(=O)CCc2cc(C(F)(F)F)cc(C(F)(F)F)c2)c2ccccc2)CC1. The number of carbonyl (C=O) groups excluding carboxylic acids is 2. The number of Topliss-reactive ketones (excluding diaryl/α,β-unsaturated/α-hetero) is 1. The summed E-state index contributed by atoms with van der Waals surface area (Å²) in [5.41, 5.74) is 2.76. The van der Waals surface area contributed by atoms with Crippen molar-refractivity contribution in [1.82, 2.24) is 9.80 Å². The van der Waals surface area contributed by atoms with Gasteiger partial charge in [-0.1, -0.05) is 36.8 Å². The fourth-order valence-electron chi connectivity index (χ4n) is 6.00. The van der Waals surface area contributed by atoms with Crippen molar-refractivity contribution in [3.05, 3.63) is 70.8 Å². The molecule has 0 radical (unpaired) electrons. The molecular weight excluding hydrogens is 536 g/mol. The van der Waals surface area contributed by atoms with Crippen molar-refractivity contribution in [2.45, 2.75) is 68.9 Å². The van der Waals surface area contributed by atoms with E-state index in [9.17, 15) is 35.9 Å². The summed E-state index contributed by atoms with van der Waals surface area (Å²) in [6.45, 7) is 2.35. The molecule has 2 aromatic rings. The van der Waals surface area contributed by atoms with Crippen LogP contribution in [0.4, 0.5) is 26.3 Å². The molecule has 5 nitrogen and oxygen atoms in total. The lowest BCUT2D eigenvalue weighted by atomic mass is 9.82. The van der Waals surface area contributed by atoms with E-state index in [1.165, 1.54) is 0 Å². The Bertz CT molecular complexity index is 1150. The van der Waals surface area contributed by atoms with Crippen molar-refractivity contribution in [2.24, 2.45) is 5.73 Å². The van der Waals surface area contributed by atoms with Crippen LogP contribution in [0.3, 0.4) is 0 Å². The molecule has 0 aliphatic carbocycles. The number of piperidine rings is 2. The van der Waals surface area contributed by atoms with Gasteiger partial charge in [-0.3, -0.25) is 19.4 Å². The molecule has 2 aliphatic heterocycles. The van der Waals surface area contributed by atoms with E-state index in [4.69, 9.17) is 5.73 Å². The zero-order valence-corrected chi connectivity index (χ0v) is 22.0. The fraction of sp³-hybridized carbons (Fsp3) is 0.517. The smallest absolute Gasteiger partial charge is 0.368 e. The number of nitrogens with two attached hydrogens (primary N) is 1. The van der Waals surface area contributed by atoms with Gasteiger partial charge in [0.25, 0.3) is 0 Å². The summed E-state index contributed by atoms with van der Waals surface area (Å²) < 4.78 is 79.8. The van der Waals surface area contributed by atoms with Gasteiger partial charge in [0.15, 0.2) is 5.78 Å². The summed E-state index contributed by atoms with van der Waals surface area (Å²) in [7, 11) is 0. The highest BCUT2D eigenvalue weighted by atomic mass is 19.4. The molecule has 218 valence electrons. The number of ketones is 1. The maximum Gasteiger partial charge on any atom is 0.416 e. The lowest BCUT2D eigenvalue weighted by Gasteiger charge is -2.49. The molecule has 11 heteroatoms. The predicted molar refractivity (Wildman–Crippen MR) is 137 cm³/mol. The van der Waals surface area contributed by atoms with Gasteiger partial charge in [0, 0.05) is 19.5 Å². The van der Waals surface area contributed by atoms with Gasteiger partial charge < -0.3 is 5.73 Å². The maximum atomic E-state index is 13.6. The fourth-order valence-corrected chi connectivity index (χ4v) is 6.00. The Balaban J connectivity index is 1.54. The monoisotopic (exact) mass is 569 g/mol. The van der Waals surface area contributed by atoms with Gasteiger partial charge in [0.1, 0.15) is 5.54 Å². The van der Waals surface area contributed by atoms with Gasteiger partial charge in [-0.2, -0.15) is 26.3 Å². The van der Waals surface area contributed by atoms with Crippen LogP contribution in [0.25, 0.3) is 0 Å². The summed E-state index contributed by atoms with van der Waals surface area (Å²) in [6.07, 6.45) is -6.51. The second-order valence-corrected chi connectivity index (χ2v) is 10.7. The minimum atomic E-state index is -4.96. The van der Waals surface area contributed by atoms with E-state index in [1.807, 2.05) is 4.90 Å². The zero-order valence-electron chi connectivity index (χ0n) is 22.0. The van der Waals surface area contributed by atoms with Gasteiger partial charge in [-0.05, 0) is 74.5 Å². The summed E-state index contributed by atoms with van der Waals surface area (Å²) in [5, 5.41) is 0. The van der Waals surface area contributed by atoms with E-state index >= 15 is 0 Å². The van der Waals surface area contributed by atoms with Gasteiger partial charge in [-0.15, -0.1) is 0 Å². The first-order valence-electron chi connectivity index (χ1n) is 13.5. The molecule has 4 rings (SSSR count). The van der Waals surface area contributed by atoms with Crippen LogP contribution in [-0.2, 0) is 28.4 Å². The maximum absolute atomic E-state index is 13.6. The Morgan fingerprint density at radius 1 is 0.825 bits per heavy atom. The van der Waals surface area contributed by atoms with Crippen molar-refractivity contribution in [3.8, 4) is 0 Å². The summed E-state index contributed by atoms with van der Waals surface area (Å²) in [6, 6.07) is 9.54. The van der Waals surface area contributed by atoms with Crippen LogP contribution >= 0.6 is 0 Å². The second-order valence-electron chi connectivity index (χ2n) is 10.7. The molecule has 1 atom stereocenters. The van der Waals surface area contributed by atoms with E-state index < -0.39 is 35.1 Å². The Kier molecular flexibility index (Phi) is 8.94. The molecule has 1 unspecified atom stereocenters. The molecule has 2 heterocycles. The minimum Gasteiger partial charge on any atom is -0.368 e. The number of amides is 1. The van der Waals surface area contributed by atoms with Gasteiger partial charge in [0.2, 0.25) is 5.91 Å². The number of benzene rings is 2. The van der Waals surface area contributed by atoms with E-state index in [-0.39, 0.29) is 36.2 Å². The van der Waals surface area contributed by atoms with Crippen LogP contribution in [0.15, 0.2) is 48.5 Å². The largest absolute Gasteiger partial charge is 0.416 e. The lowest BCUT2D eigenvalue weighted by molar-refractivity contribution is -0.143. The number of primary amides is 1. The molecular formula is C29H33F6N3O2. The Morgan fingerprint density at radius 3 is 1.88 bits per heavy atom. The van der Waals surface area contributed by atoms with Crippen molar-refractivity contribution < 1.29 is 35.9 Å². The molecule has 1 amide bonds. The summed E-state index contributed by atoms with van der Waals surface area (Å²) in [4.78, 5) is 30.3. The van der Waals surface area contributed by atoms with Crippen LogP contribution in [-0.4, -0.2) is 53.2 Å². The number of aryl methyl sites for hydroxylation is 1. The predicted octanol–water partition coefficient (Wildman–Crippen LogP) is 5.77. The van der Waals surface area contributed by atoms with Crippen LogP contribution in [0.2, 0.25) is 0 Å². The van der Waals surface area contributed by atoms with Crippen LogP contribution < -0.4 is 5.73 Å². The summed E-state index contributed by atoms with van der Waals surface area (Å²) in [5.74, 6) is -0.705. The van der Waals surface area contributed by atoms with Gasteiger partial charge >= 0.3 is 12.4 Å². The summed E-state index contributed by atoms with van der Waals surface area (Å²) >= 11 is 0. The first-order valence-corrected chi connectivity index (χ1v) is 13.5. The highest BCUT2D eigenvalue weighted by Gasteiger charge is 2.46. The lowest BCUT2D eigenvalue weighted by Crippen LogP contribution is -2.63. The highest BCUT2D eigenvalue weighted by molar-refractivity contribution is 5.86.